The molecule has 2 rings (SSSR count). The number of aromatic nitrogens is 2. The second kappa shape index (κ2) is 4.34. The highest BCUT2D eigenvalue weighted by atomic mass is 32.1. The van der Waals surface area contributed by atoms with Gasteiger partial charge in [-0.25, -0.2) is 9.97 Å². The monoisotopic (exact) mass is 208 g/mol. The Labute approximate surface area is 86.2 Å². The SMILES string of the molecule is NCCCNc1ccnc2scnc12. The molecular weight excluding hydrogens is 196 g/mol. The summed E-state index contributed by atoms with van der Waals surface area (Å²) in [4.78, 5) is 9.46. The first-order chi connectivity index (χ1) is 6.92. The third-order valence-electron chi connectivity index (χ3n) is 1.93. The summed E-state index contributed by atoms with van der Waals surface area (Å²) in [5.74, 6) is 0. The number of nitrogens with two attached hydrogens (primary N) is 1. The molecule has 4 nitrogen and oxygen atoms in total. The van der Waals surface area contributed by atoms with Crippen LogP contribution in [0.2, 0.25) is 0 Å². The maximum atomic E-state index is 5.42. The van der Waals surface area contributed by atoms with Gasteiger partial charge < -0.3 is 11.1 Å². The van der Waals surface area contributed by atoms with Gasteiger partial charge in [-0.05, 0) is 19.0 Å². The Morgan fingerprint density at radius 2 is 2.36 bits per heavy atom. The van der Waals surface area contributed by atoms with E-state index in [4.69, 9.17) is 5.73 Å². The van der Waals surface area contributed by atoms with Crippen LogP contribution in [0.25, 0.3) is 10.3 Å². The molecule has 2 aromatic heterocycles. The van der Waals surface area contributed by atoms with E-state index in [1.165, 1.54) is 0 Å². The van der Waals surface area contributed by atoms with Crippen LogP contribution >= 0.6 is 11.3 Å². The summed E-state index contributed by atoms with van der Waals surface area (Å²) < 4.78 is 0. The number of pyridine rings is 1. The molecule has 0 aliphatic carbocycles. The summed E-state index contributed by atoms with van der Waals surface area (Å²) in [6.45, 7) is 1.59. The fraction of sp³-hybridized carbons (Fsp3) is 0.333. The highest BCUT2D eigenvalue weighted by Crippen LogP contribution is 2.22. The van der Waals surface area contributed by atoms with Crippen LogP contribution in [0.5, 0.6) is 0 Å². The van der Waals surface area contributed by atoms with Gasteiger partial charge >= 0.3 is 0 Å². The molecule has 3 N–H and O–H groups in total. The van der Waals surface area contributed by atoms with Crippen molar-refractivity contribution in [1.29, 1.82) is 0 Å². The highest BCUT2D eigenvalue weighted by Gasteiger charge is 2.02. The van der Waals surface area contributed by atoms with E-state index < -0.39 is 0 Å². The van der Waals surface area contributed by atoms with Gasteiger partial charge in [-0.3, -0.25) is 0 Å². The summed E-state index contributed by atoms with van der Waals surface area (Å²) in [7, 11) is 0. The van der Waals surface area contributed by atoms with Crippen LogP contribution in [-0.2, 0) is 0 Å². The van der Waals surface area contributed by atoms with E-state index in [0.29, 0.717) is 6.54 Å². The molecule has 2 aromatic rings. The van der Waals surface area contributed by atoms with Crippen molar-refractivity contribution in [3.05, 3.63) is 17.8 Å². The average Bonchev–Trinajstić information content (AvgIpc) is 2.67. The fourth-order valence-electron chi connectivity index (χ4n) is 1.24. The van der Waals surface area contributed by atoms with Crippen molar-refractivity contribution in [2.75, 3.05) is 18.4 Å². The van der Waals surface area contributed by atoms with E-state index in [9.17, 15) is 0 Å². The van der Waals surface area contributed by atoms with Gasteiger partial charge in [0.1, 0.15) is 10.3 Å². The van der Waals surface area contributed by atoms with Crippen molar-refractivity contribution < 1.29 is 0 Å². The van der Waals surface area contributed by atoms with Gasteiger partial charge in [0, 0.05) is 12.7 Å². The van der Waals surface area contributed by atoms with Crippen LogP contribution in [-0.4, -0.2) is 23.1 Å². The number of hydrogen-bond acceptors (Lipinski definition) is 5. The predicted molar refractivity (Wildman–Crippen MR) is 59.6 cm³/mol. The van der Waals surface area contributed by atoms with Crippen molar-refractivity contribution in [3.8, 4) is 0 Å². The first-order valence-electron chi connectivity index (χ1n) is 4.54. The van der Waals surface area contributed by atoms with Crippen LogP contribution < -0.4 is 11.1 Å². The zero-order valence-corrected chi connectivity index (χ0v) is 8.55. The van der Waals surface area contributed by atoms with Gasteiger partial charge in [0.2, 0.25) is 0 Å². The molecular formula is C9H12N4S. The van der Waals surface area contributed by atoms with Gasteiger partial charge in [0.15, 0.2) is 0 Å². The van der Waals surface area contributed by atoms with Crippen LogP contribution in [0.3, 0.4) is 0 Å². The van der Waals surface area contributed by atoms with E-state index in [1.54, 1.807) is 17.5 Å². The van der Waals surface area contributed by atoms with Gasteiger partial charge in [-0.2, -0.15) is 0 Å². The first-order valence-corrected chi connectivity index (χ1v) is 5.42. The number of hydrogen-bond donors (Lipinski definition) is 2. The largest absolute Gasteiger partial charge is 0.383 e. The smallest absolute Gasteiger partial charge is 0.145 e. The van der Waals surface area contributed by atoms with Crippen LogP contribution in [0.1, 0.15) is 6.42 Å². The summed E-state index contributed by atoms with van der Waals surface area (Å²) in [6, 6.07) is 1.94. The number of fused-ring (bicyclic) bond motifs is 1. The zero-order valence-electron chi connectivity index (χ0n) is 7.73. The fourth-order valence-corrected chi connectivity index (χ4v) is 1.90. The minimum Gasteiger partial charge on any atom is -0.383 e. The number of thiazole rings is 1. The maximum Gasteiger partial charge on any atom is 0.145 e. The molecule has 0 aromatic carbocycles. The Balaban J connectivity index is 2.19. The van der Waals surface area contributed by atoms with E-state index >= 15 is 0 Å². The lowest BCUT2D eigenvalue weighted by atomic mass is 10.3. The van der Waals surface area contributed by atoms with Crippen LogP contribution in [0.4, 0.5) is 5.69 Å². The Morgan fingerprint density at radius 3 is 3.21 bits per heavy atom. The molecule has 2 heterocycles. The number of anilines is 1. The zero-order chi connectivity index (χ0) is 9.80. The average molecular weight is 208 g/mol. The Hall–Kier alpha value is -1.20. The highest BCUT2D eigenvalue weighted by molar-refractivity contribution is 7.16. The number of nitrogens with one attached hydrogen (secondary N) is 1. The predicted octanol–water partition coefficient (Wildman–Crippen LogP) is 1.45. The van der Waals surface area contributed by atoms with E-state index in [1.807, 2.05) is 11.6 Å². The quantitative estimate of drug-likeness (QED) is 0.746. The molecule has 0 saturated heterocycles. The number of nitrogens with zero attached hydrogens (tertiary/aromatic N) is 2. The third-order valence-corrected chi connectivity index (χ3v) is 2.67. The number of rotatable bonds is 4. The molecule has 14 heavy (non-hydrogen) atoms. The van der Waals surface area contributed by atoms with Gasteiger partial charge in [-0.15, -0.1) is 11.3 Å². The van der Waals surface area contributed by atoms with Crippen molar-refractivity contribution in [3.63, 3.8) is 0 Å². The lowest BCUT2D eigenvalue weighted by Crippen LogP contribution is -2.08. The van der Waals surface area contributed by atoms with E-state index in [2.05, 4.69) is 15.3 Å². The molecule has 5 heteroatoms. The summed E-state index contributed by atoms with van der Waals surface area (Å²) >= 11 is 1.55. The molecule has 0 radical (unpaired) electrons. The van der Waals surface area contributed by atoms with Crippen LogP contribution in [0, 0.1) is 0 Å². The van der Waals surface area contributed by atoms with Crippen LogP contribution in [0.15, 0.2) is 17.8 Å². The van der Waals surface area contributed by atoms with E-state index in [-0.39, 0.29) is 0 Å². The lowest BCUT2D eigenvalue weighted by Gasteiger charge is -2.04. The normalized spacial score (nSPS) is 10.6. The second-order valence-electron chi connectivity index (χ2n) is 2.93. The minimum absolute atomic E-state index is 0.707. The molecule has 0 aliphatic heterocycles. The molecule has 74 valence electrons. The molecule has 0 fully saturated rings. The topological polar surface area (TPSA) is 63.8 Å². The first kappa shape index (κ1) is 9.36. The molecule has 0 unspecified atom stereocenters. The minimum atomic E-state index is 0.707. The van der Waals surface area contributed by atoms with Crippen molar-refractivity contribution in [1.82, 2.24) is 9.97 Å². The lowest BCUT2D eigenvalue weighted by molar-refractivity contribution is 0.875. The Kier molecular flexibility index (Phi) is 2.90. The van der Waals surface area contributed by atoms with Gasteiger partial charge in [-0.1, -0.05) is 0 Å². The molecule has 0 spiro atoms. The maximum absolute atomic E-state index is 5.42. The summed E-state index contributed by atoms with van der Waals surface area (Å²) in [6.07, 6.45) is 2.76. The second-order valence-corrected chi connectivity index (χ2v) is 3.77. The van der Waals surface area contributed by atoms with Crippen molar-refractivity contribution >= 4 is 27.4 Å². The van der Waals surface area contributed by atoms with Crippen molar-refractivity contribution in [2.45, 2.75) is 6.42 Å². The standard InChI is InChI=1S/C9H12N4S/c10-3-1-4-11-7-2-5-12-9-8(7)13-6-14-9/h2,5-6H,1,3-4,10H2,(H,11,12). The Bertz CT molecular complexity index is 412. The summed E-state index contributed by atoms with van der Waals surface area (Å²) in [5.41, 5.74) is 9.23. The third kappa shape index (κ3) is 1.83. The molecule has 0 amide bonds. The summed E-state index contributed by atoms with van der Waals surface area (Å²) in [5, 5.41) is 3.30. The molecule has 0 aliphatic rings. The van der Waals surface area contributed by atoms with Gasteiger partial charge in [0.25, 0.3) is 0 Å². The Morgan fingerprint density at radius 1 is 1.43 bits per heavy atom. The molecule has 0 atom stereocenters. The van der Waals surface area contributed by atoms with Gasteiger partial charge in [0.05, 0.1) is 11.2 Å². The van der Waals surface area contributed by atoms with Crippen molar-refractivity contribution in [2.24, 2.45) is 5.73 Å². The van der Waals surface area contributed by atoms with E-state index in [0.717, 1.165) is 29.0 Å². The molecule has 0 bridgehead atoms. The molecule has 0 saturated carbocycles.